The van der Waals surface area contributed by atoms with E-state index in [9.17, 15) is 27.6 Å². The zero-order valence-corrected chi connectivity index (χ0v) is 29.6. The van der Waals surface area contributed by atoms with E-state index in [-0.39, 0.29) is 52.8 Å². The lowest BCUT2D eigenvalue weighted by Gasteiger charge is -2.53. The highest BCUT2D eigenvalue weighted by Gasteiger charge is 2.45. The fourth-order valence-electron chi connectivity index (χ4n) is 8.05. The van der Waals surface area contributed by atoms with E-state index in [2.05, 4.69) is 20.5 Å². The lowest BCUT2D eigenvalue weighted by Crippen LogP contribution is -2.59. The molecule has 6 heterocycles. The van der Waals surface area contributed by atoms with Crippen LogP contribution < -0.4 is 20.4 Å². The molecular weight excluding hydrogens is 713 g/mol. The zero-order chi connectivity index (χ0) is 37.8. The Labute approximate surface area is 313 Å². The highest BCUT2D eigenvalue weighted by molar-refractivity contribution is 6.10. The van der Waals surface area contributed by atoms with Crippen molar-refractivity contribution in [2.75, 3.05) is 53.3 Å². The maximum atomic E-state index is 14.7. The maximum Gasteiger partial charge on any atom is 0.291 e. The summed E-state index contributed by atoms with van der Waals surface area (Å²) >= 11 is 0. The Bertz CT molecular complexity index is 2350. The van der Waals surface area contributed by atoms with Crippen molar-refractivity contribution in [3.05, 3.63) is 118 Å². The first-order chi connectivity index (χ1) is 26.6. The molecule has 5 aromatic rings. The molecule has 2 fully saturated rings. The number of hydrogen-bond acceptors (Lipinski definition) is 8. The first kappa shape index (κ1) is 34.7. The molecule has 1 aliphatic carbocycles. The average molecular weight is 749 g/mol. The highest BCUT2D eigenvalue weighted by Crippen LogP contribution is 2.43. The Kier molecular flexibility index (Phi) is 8.64. The number of anilines is 4. The zero-order valence-electron chi connectivity index (χ0n) is 29.6. The average Bonchev–Trinajstić information content (AvgIpc) is 3.79. The number of nitrogens with zero attached hydrogens (tertiary/aromatic N) is 4. The van der Waals surface area contributed by atoms with Gasteiger partial charge in [-0.2, -0.15) is 0 Å². The van der Waals surface area contributed by atoms with E-state index < -0.39 is 35.0 Å². The van der Waals surface area contributed by atoms with Crippen LogP contribution in [-0.4, -0.2) is 60.5 Å². The van der Waals surface area contributed by atoms with Crippen molar-refractivity contribution in [2.24, 2.45) is 5.41 Å². The Morgan fingerprint density at radius 3 is 2.36 bits per heavy atom. The molecular formula is C41H35F3N6O5. The second kappa shape index (κ2) is 13.7. The van der Waals surface area contributed by atoms with Gasteiger partial charge in [0.25, 0.3) is 17.7 Å². The van der Waals surface area contributed by atoms with Gasteiger partial charge in [-0.15, -0.1) is 0 Å². The molecule has 0 saturated carbocycles. The van der Waals surface area contributed by atoms with Crippen LogP contribution in [0.5, 0.6) is 0 Å². The Balaban J connectivity index is 0.930. The van der Waals surface area contributed by atoms with Crippen molar-refractivity contribution >= 4 is 40.6 Å². The number of furan rings is 1. The Hall–Kier alpha value is -6.02. The molecule has 2 saturated heterocycles. The number of halogens is 3. The molecule has 0 unspecified atom stereocenters. The monoisotopic (exact) mass is 748 g/mol. The van der Waals surface area contributed by atoms with Crippen molar-refractivity contribution in [2.45, 2.75) is 38.5 Å². The third kappa shape index (κ3) is 6.39. The van der Waals surface area contributed by atoms with Crippen LogP contribution in [0, 0.1) is 22.9 Å². The van der Waals surface area contributed by atoms with Crippen LogP contribution in [0.3, 0.4) is 0 Å². The van der Waals surface area contributed by atoms with Gasteiger partial charge in [0.05, 0.1) is 17.4 Å². The van der Waals surface area contributed by atoms with Crippen LogP contribution in [0.2, 0.25) is 0 Å². The van der Waals surface area contributed by atoms with Gasteiger partial charge in [-0.25, -0.2) is 23.1 Å². The summed E-state index contributed by atoms with van der Waals surface area (Å²) in [5, 5.41) is 5.19. The molecule has 1 spiro atoms. The molecule has 0 radical (unpaired) electrons. The molecule has 280 valence electrons. The molecule has 2 N–H and O–H groups in total. The summed E-state index contributed by atoms with van der Waals surface area (Å²) in [5.74, 6) is -3.64. The van der Waals surface area contributed by atoms with Crippen molar-refractivity contribution in [3.63, 3.8) is 0 Å². The topological polar surface area (TPSA) is 130 Å². The quantitative estimate of drug-likeness (QED) is 0.191. The summed E-state index contributed by atoms with van der Waals surface area (Å²) in [4.78, 5) is 53.5. The number of aromatic nitrogens is 2. The fourth-order valence-corrected chi connectivity index (χ4v) is 8.05. The van der Waals surface area contributed by atoms with Crippen LogP contribution in [0.1, 0.15) is 67.4 Å². The molecule has 3 amide bonds. The number of fused-ring (bicyclic) bond motifs is 4. The molecule has 9 rings (SSSR count). The molecule has 3 aromatic heterocycles. The first-order valence-electron chi connectivity index (χ1n) is 18.3. The number of aryl methyl sites for hydroxylation is 2. The highest BCUT2D eigenvalue weighted by atomic mass is 19.1. The number of benzene rings is 2. The summed E-state index contributed by atoms with van der Waals surface area (Å²) in [6, 6.07) is 14.2. The van der Waals surface area contributed by atoms with E-state index in [1.165, 1.54) is 17.0 Å². The fraction of sp³-hybridized carbons (Fsp3) is 0.293. The van der Waals surface area contributed by atoms with Gasteiger partial charge in [-0.3, -0.25) is 14.4 Å². The molecule has 2 aromatic carbocycles. The molecule has 0 atom stereocenters. The normalized spacial score (nSPS) is 16.8. The predicted molar refractivity (Wildman–Crippen MR) is 197 cm³/mol. The van der Waals surface area contributed by atoms with Gasteiger partial charge in [-0.05, 0) is 92.6 Å². The number of pyridine rings is 2. The molecule has 55 heavy (non-hydrogen) atoms. The van der Waals surface area contributed by atoms with Crippen molar-refractivity contribution in [1.82, 2.24) is 9.97 Å². The minimum Gasteiger partial charge on any atom is -0.449 e. The number of carbonyl (C=O) groups is 3. The van der Waals surface area contributed by atoms with Crippen molar-refractivity contribution in [3.8, 4) is 11.5 Å². The third-order valence-electron chi connectivity index (χ3n) is 11.0. The van der Waals surface area contributed by atoms with E-state index in [4.69, 9.17) is 14.1 Å². The molecule has 11 nitrogen and oxygen atoms in total. The number of amides is 3. The first-order valence-corrected chi connectivity index (χ1v) is 18.3. The van der Waals surface area contributed by atoms with Crippen LogP contribution in [-0.2, 0) is 24.0 Å². The number of rotatable bonds is 6. The second-order valence-corrected chi connectivity index (χ2v) is 14.6. The van der Waals surface area contributed by atoms with Gasteiger partial charge in [0.2, 0.25) is 0 Å². The minimum absolute atomic E-state index is 0.0733. The molecule has 4 aliphatic rings. The summed E-state index contributed by atoms with van der Waals surface area (Å²) < 4.78 is 54.5. The second-order valence-electron chi connectivity index (χ2n) is 14.6. The van der Waals surface area contributed by atoms with Crippen molar-refractivity contribution < 1.29 is 36.7 Å². The summed E-state index contributed by atoms with van der Waals surface area (Å²) in [7, 11) is 0. The van der Waals surface area contributed by atoms with Gasteiger partial charge >= 0.3 is 0 Å². The maximum absolute atomic E-state index is 14.7. The lowest BCUT2D eigenvalue weighted by molar-refractivity contribution is -0.000521. The number of para-hydroxylation sites is 1. The molecule has 0 bridgehead atoms. The van der Waals surface area contributed by atoms with E-state index in [1.54, 1.807) is 24.3 Å². The van der Waals surface area contributed by atoms with E-state index in [1.807, 2.05) is 6.07 Å². The van der Waals surface area contributed by atoms with E-state index in [0.29, 0.717) is 22.6 Å². The number of nitrogens with one attached hydrogen (secondary N) is 2. The van der Waals surface area contributed by atoms with E-state index >= 15 is 0 Å². The van der Waals surface area contributed by atoms with Gasteiger partial charge in [-0.1, -0.05) is 6.07 Å². The van der Waals surface area contributed by atoms with E-state index in [0.717, 1.165) is 94.1 Å². The number of carbonyl (C=O) groups excluding carboxylic acids is 3. The van der Waals surface area contributed by atoms with Crippen LogP contribution in [0.15, 0.2) is 71.3 Å². The summed E-state index contributed by atoms with van der Waals surface area (Å²) in [6.07, 6.45) is 5.96. The third-order valence-corrected chi connectivity index (χ3v) is 11.0. The van der Waals surface area contributed by atoms with Gasteiger partial charge in [0.15, 0.2) is 11.5 Å². The Morgan fingerprint density at radius 2 is 1.60 bits per heavy atom. The van der Waals surface area contributed by atoms with Gasteiger partial charge in [0, 0.05) is 66.8 Å². The Morgan fingerprint density at radius 1 is 0.836 bits per heavy atom. The van der Waals surface area contributed by atoms with Crippen LogP contribution in [0.25, 0.3) is 11.5 Å². The smallest absolute Gasteiger partial charge is 0.291 e. The summed E-state index contributed by atoms with van der Waals surface area (Å²) in [6.45, 7) is 3.26. The van der Waals surface area contributed by atoms with Gasteiger partial charge < -0.3 is 29.6 Å². The predicted octanol–water partition coefficient (Wildman–Crippen LogP) is 6.97. The molecule has 3 aliphatic heterocycles. The number of hydrogen-bond donors (Lipinski definition) is 2. The minimum atomic E-state index is -0.954. The SMILES string of the molecule is O=C(Nc1c(F)cccc1F)c1cc2c(o1)-c1ncc(F)cc1N(C(=O)c1ccc(NC(=O)c3cc4c(nc3N3CC5(CCOCC5)C3)CCC4)cc1)CC2. The van der Waals surface area contributed by atoms with Crippen LogP contribution >= 0.6 is 0 Å². The van der Waals surface area contributed by atoms with Gasteiger partial charge in [0.1, 0.15) is 34.7 Å². The lowest BCUT2D eigenvalue weighted by atomic mass is 9.73. The largest absolute Gasteiger partial charge is 0.449 e. The molecule has 14 heteroatoms. The number of ether oxygens (including phenoxy) is 1. The standard InChI is InChI=1S/C41H35F3N6O5/c42-26-19-32-35(45-20-26)36-25(18-33(55-36)39(52)48-34-29(43)4-2-5-30(34)44)11-14-50(32)40(53)23-7-9-27(10-8-23)46-38(51)28-17-24-3-1-6-31(24)47-37(28)49-21-41(22-49)12-15-54-16-13-41/h2,4-5,7-10,17-20H,1,3,6,11-16,21-22H2,(H,46,51)(H,48,52). The summed E-state index contributed by atoms with van der Waals surface area (Å²) in [5.41, 5.74) is 3.75. The van der Waals surface area contributed by atoms with Crippen LogP contribution in [0.4, 0.5) is 36.1 Å². The van der Waals surface area contributed by atoms with Crippen molar-refractivity contribution in [1.29, 1.82) is 0 Å².